The number of amides is 1. The van der Waals surface area contributed by atoms with Crippen molar-refractivity contribution in [2.45, 2.75) is 37.6 Å². The van der Waals surface area contributed by atoms with Crippen molar-refractivity contribution in [3.63, 3.8) is 0 Å². The molecule has 0 heterocycles. The number of carbonyl (C=O) groups is 1. The monoisotopic (exact) mass is 232 g/mol. The molecule has 1 amide bonds. The molecule has 4 N–H and O–H groups in total. The molecule has 1 aromatic carbocycles. The summed E-state index contributed by atoms with van der Waals surface area (Å²) in [7, 11) is 0. The largest absolute Gasteiger partial charge is 0.368 e. The zero-order valence-electron chi connectivity index (χ0n) is 10.0. The van der Waals surface area contributed by atoms with Crippen LogP contribution < -0.4 is 11.5 Å². The maximum absolute atomic E-state index is 11.1. The van der Waals surface area contributed by atoms with Gasteiger partial charge in [-0.05, 0) is 36.7 Å². The molecule has 3 nitrogen and oxygen atoms in total. The normalized spacial score (nSPS) is 19.4. The molecule has 92 valence electrons. The first-order chi connectivity index (χ1) is 8.18. The third-order valence-electron chi connectivity index (χ3n) is 3.82. The first-order valence-corrected chi connectivity index (χ1v) is 6.28. The van der Waals surface area contributed by atoms with Gasteiger partial charge in [0.25, 0.3) is 0 Å². The van der Waals surface area contributed by atoms with Gasteiger partial charge in [-0.1, -0.05) is 36.8 Å². The van der Waals surface area contributed by atoms with E-state index in [0.717, 1.165) is 0 Å². The summed E-state index contributed by atoms with van der Waals surface area (Å²) < 4.78 is 0. The van der Waals surface area contributed by atoms with Crippen LogP contribution in [0.3, 0.4) is 0 Å². The number of primary amides is 1. The molecule has 1 fully saturated rings. The average molecular weight is 232 g/mol. The molecule has 2 unspecified atom stereocenters. The van der Waals surface area contributed by atoms with Crippen molar-refractivity contribution >= 4 is 5.91 Å². The van der Waals surface area contributed by atoms with Gasteiger partial charge in [-0.25, -0.2) is 0 Å². The Morgan fingerprint density at radius 3 is 2.41 bits per heavy atom. The van der Waals surface area contributed by atoms with Crippen LogP contribution in [0, 0.1) is 5.92 Å². The van der Waals surface area contributed by atoms with Crippen LogP contribution in [0.4, 0.5) is 0 Å². The second-order valence-corrected chi connectivity index (χ2v) is 4.95. The molecule has 1 aliphatic rings. The highest BCUT2D eigenvalue weighted by Crippen LogP contribution is 2.41. The molecule has 1 aromatic rings. The third kappa shape index (κ3) is 2.86. The molecule has 1 saturated carbocycles. The lowest BCUT2D eigenvalue weighted by atomic mass is 9.71. The molecule has 0 spiro atoms. The van der Waals surface area contributed by atoms with Crippen LogP contribution in [0.1, 0.15) is 37.2 Å². The molecule has 3 heteroatoms. The Balaban J connectivity index is 2.11. The molecular formula is C14H20N2O. The minimum atomic E-state index is -0.527. The van der Waals surface area contributed by atoms with Gasteiger partial charge in [-0.15, -0.1) is 0 Å². The van der Waals surface area contributed by atoms with Crippen LogP contribution in [-0.4, -0.2) is 11.9 Å². The summed E-state index contributed by atoms with van der Waals surface area (Å²) in [6.07, 6.45) is 4.44. The van der Waals surface area contributed by atoms with Crippen molar-refractivity contribution in [2.24, 2.45) is 17.4 Å². The highest BCUT2D eigenvalue weighted by molar-refractivity contribution is 5.79. The number of hydrogen-bond donors (Lipinski definition) is 2. The van der Waals surface area contributed by atoms with E-state index in [0.29, 0.717) is 18.3 Å². The minimum absolute atomic E-state index is 0.382. The Labute approximate surface area is 102 Å². The molecule has 17 heavy (non-hydrogen) atoms. The molecule has 0 bridgehead atoms. The SMILES string of the molecule is NC(=O)C(N)CC(c1ccccc1)C1CCC1. The smallest absolute Gasteiger partial charge is 0.234 e. The Kier molecular flexibility index (Phi) is 3.79. The van der Waals surface area contributed by atoms with Crippen LogP contribution in [0.2, 0.25) is 0 Å². The summed E-state index contributed by atoms with van der Waals surface area (Å²) in [6.45, 7) is 0. The van der Waals surface area contributed by atoms with E-state index in [2.05, 4.69) is 12.1 Å². The molecule has 2 rings (SSSR count). The van der Waals surface area contributed by atoms with E-state index in [4.69, 9.17) is 11.5 Å². The summed E-state index contributed by atoms with van der Waals surface area (Å²) in [5.41, 5.74) is 12.3. The molecule has 2 atom stereocenters. The Morgan fingerprint density at radius 2 is 1.94 bits per heavy atom. The third-order valence-corrected chi connectivity index (χ3v) is 3.82. The fourth-order valence-corrected chi connectivity index (χ4v) is 2.53. The second kappa shape index (κ2) is 5.32. The second-order valence-electron chi connectivity index (χ2n) is 4.95. The number of rotatable bonds is 5. The average Bonchev–Trinajstić information content (AvgIpc) is 2.26. The van der Waals surface area contributed by atoms with Gasteiger partial charge in [0.05, 0.1) is 6.04 Å². The summed E-state index contributed by atoms with van der Waals surface area (Å²) in [5, 5.41) is 0. The summed E-state index contributed by atoms with van der Waals surface area (Å²) in [6, 6.07) is 9.80. The lowest BCUT2D eigenvalue weighted by Crippen LogP contribution is -2.39. The zero-order valence-corrected chi connectivity index (χ0v) is 10.0. The van der Waals surface area contributed by atoms with E-state index in [1.807, 2.05) is 18.2 Å². The van der Waals surface area contributed by atoms with Gasteiger partial charge in [0.2, 0.25) is 5.91 Å². The molecule has 0 aliphatic heterocycles. The van der Waals surface area contributed by atoms with Crippen LogP contribution in [0.5, 0.6) is 0 Å². The van der Waals surface area contributed by atoms with Crippen molar-refractivity contribution in [3.8, 4) is 0 Å². The van der Waals surface area contributed by atoms with Gasteiger partial charge in [0, 0.05) is 0 Å². The Bertz CT molecular complexity index is 373. The van der Waals surface area contributed by atoms with Crippen LogP contribution in [0.25, 0.3) is 0 Å². The van der Waals surface area contributed by atoms with E-state index in [1.165, 1.54) is 24.8 Å². The van der Waals surface area contributed by atoms with Crippen molar-refractivity contribution in [3.05, 3.63) is 35.9 Å². The van der Waals surface area contributed by atoms with Crippen LogP contribution in [0.15, 0.2) is 30.3 Å². The summed E-state index contributed by atoms with van der Waals surface area (Å²) in [4.78, 5) is 11.1. The van der Waals surface area contributed by atoms with E-state index in [1.54, 1.807) is 0 Å². The predicted octanol–water partition coefficient (Wildman–Crippen LogP) is 1.77. The zero-order chi connectivity index (χ0) is 12.3. The highest BCUT2D eigenvalue weighted by atomic mass is 16.1. The van der Waals surface area contributed by atoms with Gasteiger partial charge in [-0.2, -0.15) is 0 Å². The fraction of sp³-hybridized carbons (Fsp3) is 0.500. The predicted molar refractivity (Wildman–Crippen MR) is 68.3 cm³/mol. The summed E-state index contributed by atoms with van der Waals surface area (Å²) in [5.74, 6) is 0.653. The van der Waals surface area contributed by atoms with Gasteiger partial charge in [0.15, 0.2) is 0 Å². The molecule has 0 aromatic heterocycles. The maximum Gasteiger partial charge on any atom is 0.234 e. The van der Waals surface area contributed by atoms with Gasteiger partial charge < -0.3 is 11.5 Å². The Morgan fingerprint density at radius 1 is 1.29 bits per heavy atom. The summed E-state index contributed by atoms with van der Waals surface area (Å²) >= 11 is 0. The quantitative estimate of drug-likeness (QED) is 0.812. The maximum atomic E-state index is 11.1. The van der Waals surface area contributed by atoms with Crippen molar-refractivity contribution in [1.29, 1.82) is 0 Å². The first-order valence-electron chi connectivity index (χ1n) is 6.28. The topological polar surface area (TPSA) is 69.1 Å². The van der Waals surface area contributed by atoms with Crippen LogP contribution >= 0.6 is 0 Å². The minimum Gasteiger partial charge on any atom is -0.368 e. The lowest BCUT2D eigenvalue weighted by molar-refractivity contribution is -0.119. The van der Waals surface area contributed by atoms with Crippen molar-refractivity contribution in [2.75, 3.05) is 0 Å². The Hall–Kier alpha value is -1.35. The number of nitrogens with two attached hydrogens (primary N) is 2. The van der Waals surface area contributed by atoms with E-state index < -0.39 is 11.9 Å². The van der Waals surface area contributed by atoms with E-state index in [9.17, 15) is 4.79 Å². The van der Waals surface area contributed by atoms with E-state index >= 15 is 0 Å². The van der Waals surface area contributed by atoms with Gasteiger partial charge >= 0.3 is 0 Å². The number of carbonyl (C=O) groups excluding carboxylic acids is 1. The first kappa shape index (κ1) is 12.1. The fourth-order valence-electron chi connectivity index (χ4n) is 2.53. The standard InChI is InChI=1S/C14H20N2O/c15-13(14(16)17)9-12(11-7-4-8-11)10-5-2-1-3-6-10/h1-3,5-6,11-13H,4,7-9,15H2,(H2,16,17). The number of benzene rings is 1. The molecular weight excluding hydrogens is 212 g/mol. The van der Waals surface area contributed by atoms with Gasteiger partial charge in [0.1, 0.15) is 0 Å². The molecule has 0 saturated heterocycles. The molecule has 0 radical (unpaired) electrons. The van der Waals surface area contributed by atoms with Gasteiger partial charge in [-0.3, -0.25) is 4.79 Å². The van der Waals surface area contributed by atoms with Crippen molar-refractivity contribution < 1.29 is 4.79 Å². The van der Waals surface area contributed by atoms with E-state index in [-0.39, 0.29) is 0 Å². The van der Waals surface area contributed by atoms with Crippen molar-refractivity contribution in [1.82, 2.24) is 0 Å². The highest BCUT2D eigenvalue weighted by Gasteiger charge is 2.30. The molecule has 1 aliphatic carbocycles. The lowest BCUT2D eigenvalue weighted by Gasteiger charge is -2.35. The number of hydrogen-bond acceptors (Lipinski definition) is 2. The van der Waals surface area contributed by atoms with Crippen LogP contribution in [-0.2, 0) is 4.79 Å².